The van der Waals surface area contributed by atoms with Crippen LogP contribution in [0.25, 0.3) is 0 Å². The van der Waals surface area contributed by atoms with E-state index in [0.717, 1.165) is 4.57 Å². The topological polar surface area (TPSA) is 134 Å². The molecule has 2 heterocycles. The van der Waals surface area contributed by atoms with E-state index in [9.17, 15) is 19.8 Å². The highest BCUT2D eigenvalue weighted by Crippen LogP contribution is 2.28. The third kappa shape index (κ3) is 3.37. The Hall–Kier alpha value is -2.59. The summed E-state index contributed by atoms with van der Waals surface area (Å²) >= 11 is 0. The number of nitrogens with one attached hydrogen (secondary N) is 1. The monoisotopic (exact) mass is 361 g/mol. The first-order valence-corrected chi connectivity index (χ1v) is 8.01. The van der Waals surface area contributed by atoms with Crippen molar-refractivity contribution in [2.24, 2.45) is 0 Å². The molecule has 138 valence electrons. The number of hydrogen-bond acceptors (Lipinski definition) is 7. The molecular formula is C17H19N3O6. The summed E-state index contributed by atoms with van der Waals surface area (Å²) in [7, 11) is 0. The van der Waals surface area contributed by atoms with Crippen LogP contribution >= 0.6 is 0 Å². The maximum absolute atomic E-state index is 12.3. The number of aromatic nitrogens is 2. The van der Waals surface area contributed by atoms with Crippen LogP contribution in [0.1, 0.15) is 22.1 Å². The smallest absolute Gasteiger partial charge is 0.351 e. The minimum Gasteiger partial charge on any atom is -0.394 e. The Morgan fingerprint density at radius 3 is 2.58 bits per heavy atom. The summed E-state index contributed by atoms with van der Waals surface area (Å²) in [6, 6.07) is 8.47. The lowest BCUT2D eigenvalue weighted by atomic mass is 10.1. The van der Waals surface area contributed by atoms with Gasteiger partial charge in [0.15, 0.2) is 6.23 Å². The molecule has 1 fully saturated rings. The lowest BCUT2D eigenvalue weighted by Gasteiger charge is -2.18. The minimum atomic E-state index is -1.39. The lowest BCUT2D eigenvalue weighted by molar-refractivity contribution is -0.0550. The van der Waals surface area contributed by atoms with E-state index in [-0.39, 0.29) is 5.82 Å². The van der Waals surface area contributed by atoms with Crippen molar-refractivity contribution in [3.63, 3.8) is 0 Å². The number of carbonyl (C=O) groups excluding carboxylic acids is 1. The molecule has 1 aromatic heterocycles. The van der Waals surface area contributed by atoms with Gasteiger partial charge in [-0.15, -0.1) is 0 Å². The van der Waals surface area contributed by atoms with Gasteiger partial charge in [0.1, 0.15) is 24.1 Å². The van der Waals surface area contributed by atoms with E-state index in [2.05, 4.69) is 10.3 Å². The molecule has 4 N–H and O–H groups in total. The Kier molecular flexibility index (Phi) is 5.14. The Bertz CT molecular complexity index is 853. The van der Waals surface area contributed by atoms with E-state index in [4.69, 9.17) is 9.84 Å². The van der Waals surface area contributed by atoms with Gasteiger partial charge in [-0.05, 0) is 19.1 Å². The van der Waals surface area contributed by atoms with Gasteiger partial charge in [0.05, 0.1) is 6.61 Å². The molecule has 1 aliphatic rings. The molecule has 3 rings (SSSR count). The molecule has 0 spiro atoms. The number of nitrogens with zero attached hydrogens (tertiary/aromatic N) is 2. The van der Waals surface area contributed by atoms with Crippen molar-refractivity contribution < 1.29 is 24.9 Å². The maximum atomic E-state index is 12.3. The number of carbonyl (C=O) groups is 1. The molecule has 1 amide bonds. The molecule has 9 heteroatoms. The quantitative estimate of drug-likeness (QED) is 0.572. The number of aliphatic hydroxyl groups is 3. The highest BCUT2D eigenvalue weighted by Gasteiger charge is 2.43. The van der Waals surface area contributed by atoms with Gasteiger partial charge in [-0.3, -0.25) is 9.36 Å². The Balaban J connectivity index is 1.85. The second kappa shape index (κ2) is 7.34. The molecule has 0 aliphatic carbocycles. The predicted molar refractivity (Wildman–Crippen MR) is 90.6 cm³/mol. The molecule has 0 bridgehead atoms. The van der Waals surface area contributed by atoms with Crippen LogP contribution in [0.5, 0.6) is 0 Å². The van der Waals surface area contributed by atoms with Crippen molar-refractivity contribution >= 4 is 11.7 Å². The molecule has 1 saturated heterocycles. The summed E-state index contributed by atoms with van der Waals surface area (Å²) in [5, 5.41) is 31.6. The van der Waals surface area contributed by atoms with Crippen LogP contribution in [0.15, 0.2) is 41.3 Å². The van der Waals surface area contributed by atoms with Crippen LogP contribution in [0.4, 0.5) is 5.82 Å². The zero-order chi connectivity index (χ0) is 18.8. The van der Waals surface area contributed by atoms with Crippen LogP contribution in [-0.4, -0.2) is 55.7 Å². The van der Waals surface area contributed by atoms with Gasteiger partial charge in [-0.25, -0.2) is 4.79 Å². The van der Waals surface area contributed by atoms with Gasteiger partial charge >= 0.3 is 5.69 Å². The Morgan fingerprint density at radius 2 is 1.96 bits per heavy atom. The highest BCUT2D eigenvalue weighted by molar-refractivity contribution is 6.03. The van der Waals surface area contributed by atoms with Crippen LogP contribution in [0.2, 0.25) is 0 Å². The normalized spacial score (nSPS) is 25.2. The molecule has 0 unspecified atom stereocenters. The first-order chi connectivity index (χ1) is 12.4. The van der Waals surface area contributed by atoms with Crippen molar-refractivity contribution in [2.45, 2.75) is 31.5 Å². The van der Waals surface area contributed by atoms with Gasteiger partial charge in [0.2, 0.25) is 0 Å². The lowest BCUT2D eigenvalue weighted by Crippen LogP contribution is -2.36. The highest BCUT2D eigenvalue weighted by atomic mass is 16.6. The zero-order valence-corrected chi connectivity index (χ0v) is 13.9. The van der Waals surface area contributed by atoms with E-state index in [0.29, 0.717) is 11.1 Å². The second-order valence-electron chi connectivity index (χ2n) is 6.01. The molecule has 9 nitrogen and oxygen atoms in total. The molecule has 0 radical (unpaired) electrons. The first-order valence-electron chi connectivity index (χ1n) is 8.01. The molecular weight excluding hydrogens is 342 g/mol. The van der Waals surface area contributed by atoms with E-state index >= 15 is 0 Å². The van der Waals surface area contributed by atoms with Crippen LogP contribution in [0.3, 0.4) is 0 Å². The summed E-state index contributed by atoms with van der Waals surface area (Å²) in [6.45, 7) is 1.13. The average molecular weight is 361 g/mol. The van der Waals surface area contributed by atoms with Gasteiger partial charge in [-0.2, -0.15) is 4.98 Å². The maximum Gasteiger partial charge on any atom is 0.351 e. The number of rotatable bonds is 4. The Morgan fingerprint density at radius 1 is 1.27 bits per heavy atom. The molecule has 2 aromatic rings. The number of ether oxygens (including phenoxy) is 1. The SMILES string of the molecule is Cc1cn([C@@H]2O[C@H](CO)[C@@H](O)[C@H]2O)c(=O)nc1NC(=O)c1ccccc1. The number of aryl methyl sites for hydroxylation is 1. The van der Waals surface area contributed by atoms with Crippen LogP contribution in [0, 0.1) is 6.92 Å². The van der Waals surface area contributed by atoms with Gasteiger partial charge in [-0.1, -0.05) is 18.2 Å². The van der Waals surface area contributed by atoms with E-state index in [1.807, 2.05) is 0 Å². The molecule has 1 aliphatic heterocycles. The van der Waals surface area contributed by atoms with Crippen molar-refractivity contribution in [1.29, 1.82) is 0 Å². The van der Waals surface area contributed by atoms with E-state index < -0.39 is 42.7 Å². The van der Waals surface area contributed by atoms with Crippen molar-refractivity contribution in [3.8, 4) is 0 Å². The van der Waals surface area contributed by atoms with Gasteiger partial charge < -0.3 is 25.4 Å². The number of hydrogen-bond donors (Lipinski definition) is 4. The fraction of sp³-hybridized carbons (Fsp3) is 0.353. The largest absolute Gasteiger partial charge is 0.394 e. The van der Waals surface area contributed by atoms with E-state index in [1.54, 1.807) is 37.3 Å². The zero-order valence-electron chi connectivity index (χ0n) is 13.9. The molecule has 0 saturated carbocycles. The van der Waals surface area contributed by atoms with Crippen molar-refractivity contribution in [2.75, 3.05) is 11.9 Å². The third-order valence-electron chi connectivity index (χ3n) is 4.19. The number of benzene rings is 1. The Labute approximate surface area is 148 Å². The fourth-order valence-electron chi connectivity index (χ4n) is 2.75. The third-order valence-corrected chi connectivity index (χ3v) is 4.19. The summed E-state index contributed by atoms with van der Waals surface area (Å²) in [5.41, 5.74) is 0.113. The molecule has 1 aromatic carbocycles. The van der Waals surface area contributed by atoms with Crippen LogP contribution < -0.4 is 11.0 Å². The summed E-state index contributed by atoms with van der Waals surface area (Å²) in [4.78, 5) is 28.4. The van der Waals surface area contributed by atoms with E-state index in [1.165, 1.54) is 6.20 Å². The van der Waals surface area contributed by atoms with Crippen LogP contribution in [-0.2, 0) is 4.74 Å². The summed E-state index contributed by atoms with van der Waals surface area (Å²) < 4.78 is 6.36. The minimum absolute atomic E-state index is 0.0897. The second-order valence-corrected chi connectivity index (χ2v) is 6.01. The van der Waals surface area contributed by atoms with Gasteiger partial charge in [0, 0.05) is 17.3 Å². The predicted octanol–water partition coefficient (Wildman–Crippen LogP) is -0.584. The van der Waals surface area contributed by atoms with Gasteiger partial charge in [0.25, 0.3) is 5.91 Å². The summed E-state index contributed by atoms with van der Waals surface area (Å²) in [6.07, 6.45) is -3.53. The number of amides is 1. The standard InChI is InChI=1S/C17H19N3O6/c1-9-7-20(16-13(23)12(22)11(8-21)26-16)17(25)19-14(9)18-15(24)10-5-3-2-4-6-10/h2-7,11-13,16,21-23H,8H2,1H3,(H,18,19,24,25)/t11-,12-,13-,16-/m1/s1. The fourth-order valence-corrected chi connectivity index (χ4v) is 2.75. The first kappa shape index (κ1) is 18.2. The molecule has 26 heavy (non-hydrogen) atoms. The van der Waals surface area contributed by atoms with Crippen molar-refractivity contribution in [1.82, 2.24) is 9.55 Å². The summed E-state index contributed by atoms with van der Waals surface area (Å²) in [5.74, 6) is -0.321. The van der Waals surface area contributed by atoms with Crippen molar-refractivity contribution in [3.05, 3.63) is 58.1 Å². The average Bonchev–Trinajstić information content (AvgIpc) is 2.93. The number of aliphatic hydroxyl groups excluding tert-OH is 3. The number of anilines is 1. The molecule has 4 atom stereocenters.